The highest BCUT2D eigenvalue weighted by Gasteiger charge is 2.30. The molecule has 1 aliphatic rings. The van der Waals surface area contributed by atoms with Crippen molar-refractivity contribution in [1.29, 1.82) is 0 Å². The Bertz CT molecular complexity index is 429. The van der Waals surface area contributed by atoms with Gasteiger partial charge < -0.3 is 9.64 Å². The second-order valence-corrected chi connectivity index (χ2v) is 4.00. The third-order valence-corrected chi connectivity index (χ3v) is 2.96. The van der Waals surface area contributed by atoms with Crippen LogP contribution in [0, 0.1) is 23.5 Å². The van der Waals surface area contributed by atoms with Gasteiger partial charge in [-0.05, 0) is 6.42 Å². The minimum Gasteiger partial charge on any atom is -0.377 e. The van der Waals surface area contributed by atoms with Crippen molar-refractivity contribution in [2.45, 2.75) is 19.4 Å². The maximum absolute atomic E-state index is 13.6. The van der Waals surface area contributed by atoms with Gasteiger partial charge in [-0.3, -0.25) is 0 Å². The van der Waals surface area contributed by atoms with Crippen molar-refractivity contribution in [2.75, 3.05) is 24.7 Å². The number of ether oxygens (including phenoxy) is 1. The number of hydrogen-bond acceptors (Lipinski definition) is 3. The average molecular weight is 264 g/mol. The lowest BCUT2D eigenvalue weighted by Crippen LogP contribution is -2.46. The summed E-state index contributed by atoms with van der Waals surface area (Å²) in [6.45, 7) is 2.49. The summed E-state index contributed by atoms with van der Waals surface area (Å²) in [7, 11) is 0. The molecular formula is C11H12F4N2O. The summed E-state index contributed by atoms with van der Waals surface area (Å²) in [6, 6.07) is -0.316. The minimum atomic E-state index is -1.63. The molecule has 0 bridgehead atoms. The second-order valence-electron chi connectivity index (χ2n) is 4.00. The molecule has 0 spiro atoms. The van der Waals surface area contributed by atoms with E-state index in [4.69, 9.17) is 4.74 Å². The molecule has 1 atom stereocenters. The van der Waals surface area contributed by atoms with Crippen LogP contribution in [0.1, 0.15) is 13.3 Å². The topological polar surface area (TPSA) is 25.4 Å². The van der Waals surface area contributed by atoms with Crippen molar-refractivity contribution >= 4 is 5.69 Å². The molecule has 1 aromatic heterocycles. The van der Waals surface area contributed by atoms with Crippen LogP contribution in [0.25, 0.3) is 0 Å². The number of halogens is 4. The van der Waals surface area contributed by atoms with Crippen molar-refractivity contribution < 1.29 is 22.3 Å². The predicted molar refractivity (Wildman–Crippen MR) is 56.3 cm³/mol. The van der Waals surface area contributed by atoms with Crippen LogP contribution >= 0.6 is 0 Å². The number of hydrogen-bond donors (Lipinski definition) is 0. The standard InChI is InChI=1S/C11H12F4N2O/c1-2-6-5-18-4-3-17(6)9-7(12)10(14)16-11(15)8(9)13/h6H,2-5H2,1H3. The van der Waals surface area contributed by atoms with Gasteiger partial charge in [-0.2, -0.15) is 22.5 Å². The molecule has 0 N–H and O–H groups in total. The van der Waals surface area contributed by atoms with Crippen LogP contribution < -0.4 is 4.90 Å². The third-order valence-electron chi connectivity index (χ3n) is 2.96. The predicted octanol–water partition coefficient (Wildman–Crippen LogP) is 2.25. The number of pyridine rings is 1. The van der Waals surface area contributed by atoms with E-state index in [1.807, 2.05) is 0 Å². The Labute approximate surface area is 101 Å². The van der Waals surface area contributed by atoms with Gasteiger partial charge in [0.1, 0.15) is 5.69 Å². The highest BCUT2D eigenvalue weighted by Crippen LogP contribution is 2.29. The fourth-order valence-corrected chi connectivity index (χ4v) is 2.02. The number of nitrogens with zero attached hydrogens (tertiary/aromatic N) is 2. The molecule has 0 aromatic carbocycles. The summed E-state index contributed by atoms with van der Waals surface area (Å²) in [5.41, 5.74) is -0.699. The first-order valence-electron chi connectivity index (χ1n) is 5.60. The maximum atomic E-state index is 13.6. The van der Waals surface area contributed by atoms with Gasteiger partial charge in [0.15, 0.2) is 0 Å². The number of morpholine rings is 1. The van der Waals surface area contributed by atoms with Crippen molar-refractivity contribution in [3.63, 3.8) is 0 Å². The average Bonchev–Trinajstić information content (AvgIpc) is 2.37. The Morgan fingerprint density at radius 3 is 2.39 bits per heavy atom. The van der Waals surface area contributed by atoms with E-state index in [0.717, 1.165) is 0 Å². The second kappa shape index (κ2) is 5.09. The fraction of sp³-hybridized carbons (Fsp3) is 0.545. The van der Waals surface area contributed by atoms with Crippen LogP contribution in [-0.4, -0.2) is 30.8 Å². The van der Waals surface area contributed by atoms with Gasteiger partial charge in [-0.1, -0.05) is 6.92 Å². The molecule has 0 saturated carbocycles. The molecule has 18 heavy (non-hydrogen) atoms. The zero-order chi connectivity index (χ0) is 13.3. The van der Waals surface area contributed by atoms with E-state index >= 15 is 0 Å². The fourth-order valence-electron chi connectivity index (χ4n) is 2.02. The molecule has 1 aromatic rings. The van der Waals surface area contributed by atoms with Gasteiger partial charge in [0.2, 0.25) is 11.6 Å². The summed E-state index contributed by atoms with van der Waals surface area (Å²) < 4.78 is 58.5. The van der Waals surface area contributed by atoms with Gasteiger partial charge in [-0.25, -0.2) is 0 Å². The van der Waals surface area contributed by atoms with Crippen molar-refractivity contribution in [1.82, 2.24) is 4.98 Å². The molecule has 1 saturated heterocycles. The molecular weight excluding hydrogens is 252 g/mol. The van der Waals surface area contributed by atoms with E-state index in [0.29, 0.717) is 6.42 Å². The van der Waals surface area contributed by atoms with E-state index < -0.39 is 29.2 Å². The van der Waals surface area contributed by atoms with Crippen LogP contribution in [0.5, 0.6) is 0 Å². The zero-order valence-electron chi connectivity index (χ0n) is 9.72. The van der Waals surface area contributed by atoms with E-state index in [1.54, 1.807) is 6.92 Å². The van der Waals surface area contributed by atoms with Gasteiger partial charge in [0, 0.05) is 6.54 Å². The van der Waals surface area contributed by atoms with Crippen LogP contribution in [0.4, 0.5) is 23.2 Å². The monoisotopic (exact) mass is 264 g/mol. The molecule has 1 aliphatic heterocycles. The normalized spacial score (nSPS) is 20.3. The van der Waals surface area contributed by atoms with E-state index in [9.17, 15) is 17.6 Å². The first-order valence-corrected chi connectivity index (χ1v) is 5.60. The number of anilines is 1. The number of aromatic nitrogens is 1. The molecule has 2 heterocycles. The molecule has 0 radical (unpaired) electrons. The van der Waals surface area contributed by atoms with Gasteiger partial charge in [0.25, 0.3) is 11.9 Å². The highest BCUT2D eigenvalue weighted by molar-refractivity contribution is 5.50. The molecule has 0 amide bonds. The Balaban J connectivity index is 2.48. The molecule has 7 heteroatoms. The first kappa shape index (κ1) is 13.1. The van der Waals surface area contributed by atoms with Crippen molar-refractivity contribution in [3.05, 3.63) is 23.5 Å². The number of rotatable bonds is 2. The first-order chi connectivity index (χ1) is 8.56. The van der Waals surface area contributed by atoms with Gasteiger partial charge >= 0.3 is 0 Å². The molecule has 2 rings (SSSR count). The highest BCUT2D eigenvalue weighted by atomic mass is 19.2. The lowest BCUT2D eigenvalue weighted by atomic mass is 10.1. The Morgan fingerprint density at radius 2 is 1.83 bits per heavy atom. The van der Waals surface area contributed by atoms with Crippen LogP contribution in [0.15, 0.2) is 0 Å². The summed E-state index contributed by atoms with van der Waals surface area (Å²) in [4.78, 5) is 3.83. The maximum Gasteiger partial charge on any atom is 0.253 e. The Kier molecular flexibility index (Phi) is 3.70. The summed E-state index contributed by atoms with van der Waals surface area (Å²) >= 11 is 0. The van der Waals surface area contributed by atoms with Crippen LogP contribution in [0.2, 0.25) is 0 Å². The zero-order valence-corrected chi connectivity index (χ0v) is 9.72. The lowest BCUT2D eigenvalue weighted by molar-refractivity contribution is 0.0919. The molecule has 1 fully saturated rings. The van der Waals surface area contributed by atoms with E-state index in [2.05, 4.69) is 4.98 Å². The van der Waals surface area contributed by atoms with E-state index in [-0.39, 0.29) is 25.8 Å². The summed E-state index contributed by atoms with van der Waals surface area (Å²) in [5, 5.41) is 0. The third kappa shape index (κ3) is 2.14. The SMILES string of the molecule is CCC1COCCN1c1c(F)c(F)nc(F)c1F. The van der Waals surface area contributed by atoms with Crippen molar-refractivity contribution in [2.24, 2.45) is 0 Å². The molecule has 3 nitrogen and oxygen atoms in total. The summed E-state index contributed by atoms with van der Waals surface area (Å²) in [6.07, 6.45) is 0.546. The van der Waals surface area contributed by atoms with Gasteiger partial charge in [-0.15, -0.1) is 0 Å². The molecule has 1 unspecified atom stereocenters. The van der Waals surface area contributed by atoms with Gasteiger partial charge in [0.05, 0.1) is 19.3 Å². The van der Waals surface area contributed by atoms with E-state index in [1.165, 1.54) is 4.90 Å². The minimum absolute atomic E-state index is 0.176. The van der Waals surface area contributed by atoms with Crippen molar-refractivity contribution in [3.8, 4) is 0 Å². The largest absolute Gasteiger partial charge is 0.377 e. The Hall–Kier alpha value is -1.37. The quantitative estimate of drug-likeness (QED) is 0.605. The lowest BCUT2D eigenvalue weighted by Gasteiger charge is -2.37. The summed E-state index contributed by atoms with van der Waals surface area (Å²) in [5.74, 6) is -6.20. The Morgan fingerprint density at radius 1 is 1.22 bits per heavy atom. The van der Waals surface area contributed by atoms with Crippen LogP contribution in [-0.2, 0) is 4.74 Å². The molecule has 100 valence electrons. The smallest absolute Gasteiger partial charge is 0.253 e. The van der Waals surface area contributed by atoms with Crippen LogP contribution in [0.3, 0.4) is 0 Å². The molecule has 0 aliphatic carbocycles.